The minimum absolute atomic E-state index is 0.755. The Labute approximate surface area is 77.4 Å². The molecule has 4 heteroatoms. The van der Waals surface area contributed by atoms with Gasteiger partial charge in [-0.05, 0) is 31.7 Å². The molecule has 0 bridgehead atoms. The second-order valence-corrected chi connectivity index (χ2v) is 4.75. The molecule has 0 atom stereocenters. The topological polar surface area (TPSA) is 58.5 Å². The van der Waals surface area contributed by atoms with Gasteiger partial charge in [-0.25, -0.2) is 0 Å². The van der Waals surface area contributed by atoms with Gasteiger partial charge in [-0.3, -0.25) is 0 Å². The molecule has 0 spiro atoms. The smallest absolute Gasteiger partial charge is 0.105 e. The van der Waals surface area contributed by atoms with E-state index in [2.05, 4.69) is 25.8 Å². The lowest BCUT2D eigenvalue weighted by molar-refractivity contribution is 1.37. The van der Waals surface area contributed by atoms with Crippen LogP contribution in [0.1, 0.15) is 20.8 Å². The quantitative estimate of drug-likeness (QED) is 0.376. The van der Waals surface area contributed by atoms with E-state index in [-0.39, 0.29) is 0 Å². The van der Waals surface area contributed by atoms with Crippen LogP contribution in [0.2, 0.25) is 0 Å². The van der Waals surface area contributed by atoms with Gasteiger partial charge in [0.15, 0.2) is 0 Å². The van der Waals surface area contributed by atoms with Crippen molar-refractivity contribution in [1.82, 2.24) is 0 Å². The van der Waals surface area contributed by atoms with Gasteiger partial charge in [0.1, 0.15) is 17.3 Å². The molecule has 0 N–H and O–H groups in total. The Morgan fingerprint density at radius 1 is 1.25 bits per heavy atom. The molecule has 0 rings (SSSR count). The fraction of sp³-hybridized carbons (Fsp3) is 0.750. The molecule has 0 radical (unpaired) electrons. The highest BCUT2D eigenvalue weighted by Crippen LogP contribution is 1.92. The van der Waals surface area contributed by atoms with E-state index in [0.717, 1.165) is 10.9 Å². The van der Waals surface area contributed by atoms with E-state index in [1.165, 1.54) is 29.5 Å². The van der Waals surface area contributed by atoms with E-state index in [4.69, 9.17) is 10.7 Å². The Morgan fingerprint density at radius 3 is 1.67 bits per heavy atom. The maximum Gasteiger partial charge on any atom is 0.105 e. The third-order valence-electron chi connectivity index (χ3n) is 1.32. The fourth-order valence-corrected chi connectivity index (χ4v) is 1.86. The average Bonchev–Trinajstić information content (AvgIpc) is 2.10. The first-order valence-corrected chi connectivity index (χ1v) is 5.61. The normalized spacial score (nSPS) is 7.58. The first-order valence-electron chi connectivity index (χ1n) is 3.88. The van der Waals surface area contributed by atoms with Crippen LogP contribution >= 0.6 is 0 Å². The molecule has 0 fully saturated rings. The first kappa shape index (κ1) is 13.8. The van der Waals surface area contributed by atoms with E-state index in [9.17, 15) is 0 Å². The van der Waals surface area contributed by atoms with Crippen molar-refractivity contribution in [3.8, 4) is 6.19 Å². The molecule has 0 aliphatic heterocycles. The highest BCUT2D eigenvalue weighted by Gasteiger charge is 2.05. The van der Waals surface area contributed by atoms with E-state index in [1.807, 2.05) is 0 Å². The zero-order chi connectivity index (χ0) is 9.82. The van der Waals surface area contributed by atoms with E-state index < -0.39 is 0 Å². The molecule has 0 aromatic carbocycles. The summed E-state index contributed by atoms with van der Waals surface area (Å²) in [6.45, 7) is 6.82. The molecule has 0 aromatic rings. The number of nitriles is 1. The molecule has 68 valence electrons. The van der Waals surface area contributed by atoms with E-state index >= 15 is 0 Å². The van der Waals surface area contributed by atoms with Crippen molar-refractivity contribution in [1.29, 1.82) is 5.26 Å². The van der Waals surface area contributed by atoms with Gasteiger partial charge in [0, 0.05) is 0 Å². The number of aliphatic imine (C=N–C) groups is 1. The van der Waals surface area contributed by atoms with Crippen LogP contribution in [0.25, 0.3) is 5.41 Å². The Kier molecular flexibility index (Phi) is 14.8. The highest BCUT2D eigenvalue weighted by atomic mass is 32.2. The maximum atomic E-state index is 7.43. The summed E-state index contributed by atoms with van der Waals surface area (Å²) in [5, 5.41) is 14.9. The number of rotatable bonds is 3. The van der Waals surface area contributed by atoms with Crippen LogP contribution in [0.3, 0.4) is 0 Å². The van der Waals surface area contributed by atoms with Crippen LogP contribution in [-0.2, 0) is 10.9 Å². The molecule has 0 heterocycles. The molecular formula is C8H15N3S. The van der Waals surface area contributed by atoms with Crippen molar-refractivity contribution in [3.05, 3.63) is 5.41 Å². The van der Waals surface area contributed by atoms with Gasteiger partial charge in [-0.15, -0.1) is 6.01 Å². The second kappa shape index (κ2) is 12.9. The van der Waals surface area contributed by atoms with Gasteiger partial charge < -0.3 is 10.4 Å². The van der Waals surface area contributed by atoms with Gasteiger partial charge in [-0.2, -0.15) is 5.26 Å². The SMILES string of the molecule is CC[S+](CC)CC.N#CN=C=[N-]. The summed E-state index contributed by atoms with van der Waals surface area (Å²) in [5.41, 5.74) is 0. The van der Waals surface area contributed by atoms with Crippen LogP contribution in [0.15, 0.2) is 4.99 Å². The number of hydrogen-bond donors (Lipinski definition) is 0. The van der Waals surface area contributed by atoms with Gasteiger partial charge in [0.05, 0.1) is 6.19 Å². The monoisotopic (exact) mass is 185 g/mol. The zero-order valence-electron chi connectivity index (χ0n) is 7.87. The van der Waals surface area contributed by atoms with Gasteiger partial charge in [-0.1, -0.05) is 0 Å². The summed E-state index contributed by atoms with van der Waals surface area (Å²) in [7, 11) is 0.755. The molecule has 0 aromatic heterocycles. The molecule has 0 amide bonds. The standard InChI is InChI=1S/C6H15S.C2N3/c1-4-7(5-2)6-3;3-1-5-2-4/h4-6H2,1-3H3;/q+1;-1. The van der Waals surface area contributed by atoms with Gasteiger partial charge >= 0.3 is 0 Å². The maximum absolute atomic E-state index is 7.43. The van der Waals surface area contributed by atoms with Gasteiger partial charge in [0.25, 0.3) is 0 Å². The first-order chi connectivity index (χ1) is 5.76. The predicted molar refractivity (Wildman–Crippen MR) is 55.4 cm³/mol. The van der Waals surface area contributed by atoms with Crippen LogP contribution in [0.5, 0.6) is 0 Å². The molecule has 12 heavy (non-hydrogen) atoms. The summed E-state index contributed by atoms with van der Waals surface area (Å²) in [6.07, 6.45) is 1.28. The van der Waals surface area contributed by atoms with Gasteiger partial charge in [0.2, 0.25) is 0 Å². The molecule has 0 saturated carbocycles. The highest BCUT2D eigenvalue weighted by molar-refractivity contribution is 7.96. The lowest BCUT2D eigenvalue weighted by Gasteiger charge is -1.96. The molecule has 0 saturated heterocycles. The predicted octanol–water partition coefficient (Wildman–Crippen LogP) is 1.88. The molecule has 0 unspecified atom stereocenters. The van der Waals surface area contributed by atoms with Crippen molar-refractivity contribution >= 4 is 16.9 Å². The summed E-state index contributed by atoms with van der Waals surface area (Å²) >= 11 is 0. The Bertz CT molecular complexity index is 158. The lowest BCUT2D eigenvalue weighted by Crippen LogP contribution is -2.09. The van der Waals surface area contributed by atoms with E-state index in [1.54, 1.807) is 0 Å². The largest absolute Gasteiger partial charge is 0.422 e. The lowest BCUT2D eigenvalue weighted by atomic mass is 10.9. The van der Waals surface area contributed by atoms with Crippen molar-refractivity contribution in [2.45, 2.75) is 20.8 Å². The summed E-state index contributed by atoms with van der Waals surface area (Å²) in [5.74, 6) is 4.15. The number of hydrogen-bond acceptors (Lipinski definition) is 2. The zero-order valence-corrected chi connectivity index (χ0v) is 8.69. The second-order valence-electron chi connectivity index (χ2n) is 1.79. The van der Waals surface area contributed by atoms with E-state index in [0.29, 0.717) is 0 Å². The van der Waals surface area contributed by atoms with Crippen molar-refractivity contribution in [2.24, 2.45) is 4.99 Å². The van der Waals surface area contributed by atoms with Crippen molar-refractivity contribution < 1.29 is 0 Å². The minimum Gasteiger partial charge on any atom is -0.422 e. The molecular weight excluding hydrogens is 170 g/mol. The summed E-state index contributed by atoms with van der Waals surface area (Å²) in [4.78, 5) is 2.58. The Balaban J connectivity index is 0. The van der Waals surface area contributed by atoms with Crippen LogP contribution < -0.4 is 0 Å². The Morgan fingerprint density at radius 2 is 1.67 bits per heavy atom. The van der Waals surface area contributed by atoms with Crippen molar-refractivity contribution in [3.63, 3.8) is 0 Å². The summed E-state index contributed by atoms with van der Waals surface area (Å²) in [6, 6.07) is 1.28. The van der Waals surface area contributed by atoms with Crippen LogP contribution in [0, 0.1) is 11.5 Å². The molecule has 3 nitrogen and oxygen atoms in total. The molecule has 0 aliphatic carbocycles. The summed E-state index contributed by atoms with van der Waals surface area (Å²) < 4.78 is 0. The fourth-order valence-electron chi connectivity index (χ4n) is 0.635. The minimum atomic E-state index is 0.755. The third-order valence-corrected chi connectivity index (χ3v) is 3.77. The average molecular weight is 185 g/mol. The van der Waals surface area contributed by atoms with Crippen LogP contribution in [-0.4, -0.2) is 23.3 Å². The molecule has 0 aliphatic rings. The number of nitrogens with zero attached hydrogens (tertiary/aromatic N) is 3. The Hall–Kier alpha value is -0.780. The van der Waals surface area contributed by atoms with Crippen molar-refractivity contribution in [2.75, 3.05) is 17.3 Å². The van der Waals surface area contributed by atoms with Crippen LogP contribution in [0.4, 0.5) is 0 Å². The third kappa shape index (κ3) is 12.0.